The number of hydrogen-bond donors (Lipinski definition) is 2. The molecule has 1 aliphatic rings. The molecular formula is C30H30N8O4. The maximum Gasteiger partial charge on any atom is 0.411 e. The van der Waals surface area contributed by atoms with Crippen molar-refractivity contribution >= 4 is 11.8 Å². The lowest BCUT2D eigenvalue weighted by atomic mass is 10.0. The maximum atomic E-state index is 13.5. The van der Waals surface area contributed by atoms with Gasteiger partial charge in [-0.15, -0.1) is 5.10 Å². The molecule has 0 fully saturated rings. The smallest absolute Gasteiger partial charge is 0.411 e. The third kappa shape index (κ3) is 5.56. The Kier molecular flexibility index (Phi) is 7.60. The first-order chi connectivity index (χ1) is 20.5. The predicted octanol–water partition coefficient (Wildman–Crippen LogP) is 4.31. The second-order valence-electron chi connectivity index (χ2n) is 10.1. The number of aromatic nitrogens is 7. The van der Waals surface area contributed by atoms with Gasteiger partial charge in [-0.1, -0.05) is 23.8 Å². The fourth-order valence-electron chi connectivity index (χ4n) is 5.27. The number of aromatic amines is 1. The Morgan fingerprint density at radius 2 is 1.95 bits per heavy atom. The number of imidazole rings is 1. The monoisotopic (exact) mass is 566 g/mol. The normalized spacial score (nSPS) is 14.1. The first-order valence-corrected chi connectivity index (χ1v) is 13.7. The zero-order valence-corrected chi connectivity index (χ0v) is 23.3. The Balaban J connectivity index is 1.20. The Morgan fingerprint density at radius 1 is 1.10 bits per heavy atom. The number of carbonyl (C=O) groups excluding carboxylic acids is 1. The lowest BCUT2D eigenvalue weighted by Gasteiger charge is -2.15. The summed E-state index contributed by atoms with van der Waals surface area (Å²) in [7, 11) is 1.61. The molecule has 3 aromatic heterocycles. The van der Waals surface area contributed by atoms with Crippen LogP contribution in [0.1, 0.15) is 36.0 Å². The summed E-state index contributed by atoms with van der Waals surface area (Å²) in [5, 5.41) is 14.3. The number of rotatable bonds is 9. The van der Waals surface area contributed by atoms with Gasteiger partial charge in [-0.25, -0.2) is 9.78 Å². The molecule has 0 unspecified atom stereocenters. The highest BCUT2D eigenvalue weighted by Crippen LogP contribution is 2.34. The minimum atomic E-state index is -0.509. The number of tetrazole rings is 1. The van der Waals surface area contributed by atoms with E-state index in [9.17, 15) is 9.59 Å². The van der Waals surface area contributed by atoms with Crippen molar-refractivity contribution in [2.75, 3.05) is 25.6 Å². The predicted molar refractivity (Wildman–Crippen MR) is 156 cm³/mol. The van der Waals surface area contributed by atoms with Crippen LogP contribution in [0.4, 0.5) is 10.5 Å². The topological polar surface area (TPSA) is 142 Å². The lowest BCUT2D eigenvalue weighted by molar-refractivity contribution is 0.134. The standard InChI is InChI=1S/C30H30N8O4/c1-19-4-10-26(37-18-32-35-36-37)24(14-19)21-15-23-9-11-27(38(23)28(39)16-21)29-31-17-25(34-29)20-5-7-22(8-6-20)33-30(40)42-13-3-12-41-2/h4-8,10,14-18,27H,3,9,11-13H2,1-2H3,(H,31,34)(H,33,40)/t27-/m0/s1. The first-order valence-electron chi connectivity index (χ1n) is 13.7. The van der Waals surface area contributed by atoms with Crippen molar-refractivity contribution in [1.82, 2.24) is 34.7 Å². The van der Waals surface area contributed by atoms with E-state index in [1.54, 1.807) is 42.5 Å². The number of pyridine rings is 1. The molecule has 12 nitrogen and oxygen atoms in total. The van der Waals surface area contributed by atoms with E-state index in [0.29, 0.717) is 18.7 Å². The third-order valence-electron chi connectivity index (χ3n) is 7.27. The fourth-order valence-corrected chi connectivity index (χ4v) is 5.27. The second kappa shape index (κ2) is 11.8. The molecule has 12 heteroatoms. The molecule has 1 amide bonds. The largest absolute Gasteiger partial charge is 0.449 e. The van der Waals surface area contributed by atoms with Crippen LogP contribution in [0.15, 0.2) is 71.9 Å². The van der Waals surface area contributed by atoms with Crippen LogP contribution in [0.3, 0.4) is 0 Å². The van der Waals surface area contributed by atoms with Crippen LogP contribution in [0.5, 0.6) is 0 Å². The van der Waals surface area contributed by atoms with E-state index in [0.717, 1.165) is 58.0 Å². The van der Waals surface area contributed by atoms with Gasteiger partial charge in [0.15, 0.2) is 0 Å². The van der Waals surface area contributed by atoms with Gasteiger partial charge in [0.2, 0.25) is 0 Å². The summed E-state index contributed by atoms with van der Waals surface area (Å²) in [4.78, 5) is 33.5. The molecule has 2 aromatic carbocycles. The zero-order valence-electron chi connectivity index (χ0n) is 23.3. The summed E-state index contributed by atoms with van der Waals surface area (Å²) >= 11 is 0. The molecule has 0 saturated heterocycles. The number of fused-ring (bicyclic) bond motifs is 1. The summed E-state index contributed by atoms with van der Waals surface area (Å²) in [6.45, 7) is 2.84. The number of H-pyrrole nitrogens is 1. The lowest BCUT2D eigenvalue weighted by Crippen LogP contribution is -2.23. The van der Waals surface area contributed by atoms with Crippen molar-refractivity contribution < 1.29 is 14.3 Å². The highest BCUT2D eigenvalue weighted by Gasteiger charge is 2.28. The average molecular weight is 567 g/mol. The quantitative estimate of drug-likeness (QED) is 0.251. The van der Waals surface area contributed by atoms with Crippen molar-refractivity contribution in [2.45, 2.75) is 32.2 Å². The second-order valence-corrected chi connectivity index (χ2v) is 10.1. The highest BCUT2D eigenvalue weighted by molar-refractivity contribution is 5.85. The van der Waals surface area contributed by atoms with Crippen molar-refractivity contribution in [1.29, 1.82) is 0 Å². The molecular weight excluding hydrogens is 536 g/mol. The highest BCUT2D eigenvalue weighted by atomic mass is 16.5. The van der Waals surface area contributed by atoms with E-state index in [2.05, 4.69) is 36.9 Å². The Hall–Kier alpha value is -5.10. The molecule has 0 radical (unpaired) electrons. The van der Waals surface area contributed by atoms with Gasteiger partial charge in [0.25, 0.3) is 5.56 Å². The molecule has 4 heterocycles. The van der Waals surface area contributed by atoms with E-state index in [1.807, 2.05) is 41.8 Å². The Labute approximate surface area is 241 Å². The molecule has 2 N–H and O–H groups in total. The van der Waals surface area contributed by atoms with Gasteiger partial charge in [-0.3, -0.25) is 10.1 Å². The van der Waals surface area contributed by atoms with E-state index in [1.165, 1.54) is 0 Å². The minimum absolute atomic E-state index is 0.0864. The molecule has 0 saturated carbocycles. The van der Waals surface area contributed by atoms with Gasteiger partial charge < -0.3 is 19.0 Å². The fraction of sp³-hybridized carbons (Fsp3) is 0.267. The number of ether oxygens (including phenoxy) is 2. The molecule has 5 aromatic rings. The number of nitrogens with one attached hydrogen (secondary N) is 2. The first kappa shape index (κ1) is 27.1. The van der Waals surface area contributed by atoms with Crippen molar-refractivity contribution in [2.24, 2.45) is 0 Å². The van der Waals surface area contributed by atoms with Gasteiger partial charge in [-0.05, 0) is 71.7 Å². The third-order valence-corrected chi connectivity index (χ3v) is 7.27. The number of methoxy groups -OCH3 is 1. The molecule has 42 heavy (non-hydrogen) atoms. The van der Waals surface area contributed by atoms with Crippen LogP contribution in [0, 0.1) is 6.92 Å². The number of hydrogen-bond acceptors (Lipinski definition) is 8. The maximum absolute atomic E-state index is 13.5. The van der Waals surface area contributed by atoms with Crippen molar-refractivity contribution in [3.8, 4) is 28.1 Å². The summed E-state index contributed by atoms with van der Waals surface area (Å²) in [5.74, 6) is 0.727. The molecule has 6 rings (SSSR count). The van der Waals surface area contributed by atoms with Gasteiger partial charge in [-0.2, -0.15) is 4.68 Å². The number of aryl methyl sites for hydroxylation is 2. The van der Waals surface area contributed by atoms with Gasteiger partial charge in [0.05, 0.1) is 30.2 Å². The van der Waals surface area contributed by atoms with Gasteiger partial charge >= 0.3 is 6.09 Å². The Bertz CT molecular complexity index is 1760. The summed E-state index contributed by atoms with van der Waals surface area (Å²) in [6.07, 6.45) is 4.95. The van der Waals surface area contributed by atoms with E-state index < -0.39 is 6.09 Å². The number of amides is 1. The summed E-state index contributed by atoms with van der Waals surface area (Å²) in [5.41, 5.74) is 6.82. The SMILES string of the molecule is COCCCOC(=O)Nc1ccc(-c2cnc([C@@H]3CCc4cc(-c5cc(C)ccc5-n5cnnn5)cc(=O)n43)[nH]2)cc1. The number of carbonyl (C=O) groups is 1. The van der Waals surface area contributed by atoms with E-state index in [4.69, 9.17) is 9.47 Å². The van der Waals surface area contributed by atoms with Crippen LogP contribution < -0.4 is 10.9 Å². The Morgan fingerprint density at radius 3 is 2.74 bits per heavy atom. The number of anilines is 1. The zero-order chi connectivity index (χ0) is 29.1. The van der Waals surface area contributed by atoms with Gasteiger partial charge in [0.1, 0.15) is 12.2 Å². The van der Waals surface area contributed by atoms with Crippen molar-refractivity contribution in [3.63, 3.8) is 0 Å². The number of benzene rings is 2. The van der Waals surface area contributed by atoms with E-state index in [-0.39, 0.29) is 18.2 Å². The van der Waals surface area contributed by atoms with Crippen LogP contribution in [-0.2, 0) is 15.9 Å². The van der Waals surface area contributed by atoms with Gasteiger partial charge in [0, 0.05) is 43.1 Å². The molecule has 0 spiro atoms. The molecule has 214 valence electrons. The summed E-state index contributed by atoms with van der Waals surface area (Å²) < 4.78 is 13.5. The molecule has 0 bridgehead atoms. The van der Waals surface area contributed by atoms with Crippen LogP contribution >= 0.6 is 0 Å². The molecule has 1 atom stereocenters. The van der Waals surface area contributed by atoms with Crippen molar-refractivity contribution in [3.05, 3.63) is 94.6 Å². The molecule has 0 aliphatic carbocycles. The van der Waals surface area contributed by atoms with Crippen LogP contribution in [-0.4, -0.2) is 61.2 Å². The molecule has 1 aliphatic heterocycles. The minimum Gasteiger partial charge on any atom is -0.449 e. The van der Waals surface area contributed by atoms with Crippen LogP contribution in [0.2, 0.25) is 0 Å². The van der Waals surface area contributed by atoms with E-state index >= 15 is 0 Å². The van der Waals surface area contributed by atoms with Crippen LogP contribution in [0.25, 0.3) is 28.1 Å². The number of nitrogens with zero attached hydrogens (tertiary/aromatic N) is 6. The summed E-state index contributed by atoms with van der Waals surface area (Å²) in [6, 6.07) is 16.9. The average Bonchev–Trinajstić information content (AvgIpc) is 3.77.